The van der Waals surface area contributed by atoms with Gasteiger partial charge >= 0.3 is 0 Å². The summed E-state index contributed by atoms with van der Waals surface area (Å²) in [6.45, 7) is 1.23. The second-order valence-electron chi connectivity index (χ2n) is 4.49. The molecule has 0 spiro atoms. The van der Waals surface area contributed by atoms with Crippen molar-refractivity contribution in [3.05, 3.63) is 23.7 Å². The molecule has 4 heteroatoms. The summed E-state index contributed by atoms with van der Waals surface area (Å²) in [5.74, 6) is 1.04. The molecule has 1 aliphatic heterocycles. The number of fused-ring (bicyclic) bond motifs is 1. The summed E-state index contributed by atoms with van der Waals surface area (Å²) in [6.07, 6.45) is 5.34. The van der Waals surface area contributed by atoms with Crippen molar-refractivity contribution in [1.29, 1.82) is 0 Å². The largest absolute Gasteiger partial charge is 0.394 e. The Bertz CT molecular complexity index is 511. The molecule has 3 heterocycles. The average Bonchev–Trinajstić information content (AvgIpc) is 2.86. The van der Waals surface area contributed by atoms with Gasteiger partial charge < -0.3 is 10.0 Å². The lowest BCUT2D eigenvalue weighted by Gasteiger charge is -2.35. The van der Waals surface area contributed by atoms with Gasteiger partial charge in [-0.15, -0.1) is 11.3 Å². The zero-order valence-electron chi connectivity index (χ0n) is 9.67. The van der Waals surface area contributed by atoms with Crippen molar-refractivity contribution in [3.63, 3.8) is 0 Å². The Morgan fingerprint density at radius 3 is 3.24 bits per heavy atom. The van der Waals surface area contributed by atoms with Crippen molar-refractivity contribution >= 4 is 27.2 Å². The Balaban J connectivity index is 2.04. The molecule has 3 nitrogen and oxygen atoms in total. The highest BCUT2D eigenvalue weighted by molar-refractivity contribution is 7.17. The van der Waals surface area contributed by atoms with Crippen molar-refractivity contribution in [2.45, 2.75) is 25.3 Å². The van der Waals surface area contributed by atoms with E-state index in [1.807, 2.05) is 6.20 Å². The molecule has 90 valence electrons. The number of anilines is 1. The van der Waals surface area contributed by atoms with Gasteiger partial charge in [-0.1, -0.05) is 0 Å². The lowest BCUT2D eigenvalue weighted by molar-refractivity contribution is 0.239. The summed E-state index contributed by atoms with van der Waals surface area (Å²) in [6, 6.07) is 4.43. The topological polar surface area (TPSA) is 36.4 Å². The number of aliphatic hydroxyl groups is 1. The number of pyridine rings is 1. The molecular formula is C13H16N2OS. The first-order chi connectivity index (χ1) is 8.40. The molecule has 17 heavy (non-hydrogen) atoms. The van der Waals surface area contributed by atoms with Crippen LogP contribution in [0.3, 0.4) is 0 Å². The number of hydrogen-bond donors (Lipinski definition) is 1. The smallest absolute Gasteiger partial charge is 0.137 e. The van der Waals surface area contributed by atoms with Crippen LogP contribution in [0, 0.1) is 0 Å². The minimum Gasteiger partial charge on any atom is -0.394 e. The number of aromatic nitrogens is 1. The fraction of sp³-hybridized carbons (Fsp3) is 0.462. The van der Waals surface area contributed by atoms with E-state index in [0.717, 1.165) is 18.8 Å². The van der Waals surface area contributed by atoms with Crippen LogP contribution in [-0.2, 0) is 0 Å². The zero-order chi connectivity index (χ0) is 11.7. The predicted molar refractivity (Wildman–Crippen MR) is 71.7 cm³/mol. The third-order valence-corrected chi connectivity index (χ3v) is 4.35. The van der Waals surface area contributed by atoms with Gasteiger partial charge in [0.2, 0.25) is 0 Å². The summed E-state index contributed by atoms with van der Waals surface area (Å²) in [5, 5.41) is 12.8. The SMILES string of the molecule is OCC1CCCCN1c1nccc2sccc12. The standard InChI is InChI=1S/C13H16N2OS/c16-9-10-3-1-2-7-15(10)13-11-5-8-17-12(11)4-6-14-13/h4-6,8,10,16H,1-3,7,9H2. The van der Waals surface area contributed by atoms with Crippen molar-refractivity contribution in [2.24, 2.45) is 0 Å². The normalized spacial score (nSPS) is 21.0. The highest BCUT2D eigenvalue weighted by Crippen LogP contribution is 2.31. The molecule has 1 unspecified atom stereocenters. The molecule has 2 aromatic heterocycles. The zero-order valence-corrected chi connectivity index (χ0v) is 10.5. The van der Waals surface area contributed by atoms with E-state index in [9.17, 15) is 5.11 Å². The highest BCUT2D eigenvalue weighted by atomic mass is 32.1. The highest BCUT2D eigenvalue weighted by Gasteiger charge is 2.24. The van der Waals surface area contributed by atoms with Crippen molar-refractivity contribution < 1.29 is 5.11 Å². The fourth-order valence-corrected chi connectivity index (χ4v) is 3.35. The molecule has 1 fully saturated rings. The maximum Gasteiger partial charge on any atom is 0.137 e. The number of hydrogen-bond acceptors (Lipinski definition) is 4. The molecule has 0 aliphatic carbocycles. The molecule has 0 radical (unpaired) electrons. The first kappa shape index (κ1) is 11.0. The average molecular weight is 248 g/mol. The lowest BCUT2D eigenvalue weighted by Crippen LogP contribution is -2.42. The van der Waals surface area contributed by atoms with Crippen LogP contribution in [0.4, 0.5) is 5.82 Å². The van der Waals surface area contributed by atoms with Gasteiger partial charge in [-0.2, -0.15) is 0 Å². The summed E-state index contributed by atoms with van der Waals surface area (Å²) in [7, 11) is 0. The molecule has 0 aromatic carbocycles. The fourth-order valence-electron chi connectivity index (χ4n) is 2.58. The molecule has 2 aromatic rings. The van der Waals surface area contributed by atoms with Gasteiger partial charge in [0.05, 0.1) is 12.6 Å². The molecule has 1 atom stereocenters. The van der Waals surface area contributed by atoms with Crippen LogP contribution in [-0.4, -0.2) is 29.3 Å². The molecule has 1 N–H and O–H groups in total. The molecule has 1 saturated heterocycles. The summed E-state index contributed by atoms with van der Waals surface area (Å²) in [5.41, 5.74) is 0. The first-order valence-corrected chi connectivity index (χ1v) is 6.98. The van der Waals surface area contributed by atoms with E-state index >= 15 is 0 Å². The predicted octanol–water partition coefficient (Wildman–Crippen LogP) is 2.65. The number of aliphatic hydroxyl groups excluding tert-OH is 1. The summed E-state index contributed by atoms with van der Waals surface area (Å²) < 4.78 is 1.28. The van der Waals surface area contributed by atoms with Gasteiger partial charge in [-0.05, 0) is 36.8 Å². The quantitative estimate of drug-likeness (QED) is 0.887. The molecular weight excluding hydrogens is 232 g/mol. The van der Waals surface area contributed by atoms with Gasteiger partial charge in [0.1, 0.15) is 5.82 Å². The summed E-state index contributed by atoms with van der Waals surface area (Å²) in [4.78, 5) is 6.80. The van der Waals surface area contributed by atoms with Crippen molar-refractivity contribution in [2.75, 3.05) is 18.1 Å². The number of nitrogens with zero attached hydrogens (tertiary/aromatic N) is 2. The molecule has 0 amide bonds. The van der Waals surface area contributed by atoms with Gasteiger partial charge in [-0.25, -0.2) is 4.98 Å². The third-order valence-electron chi connectivity index (χ3n) is 3.47. The van der Waals surface area contributed by atoms with E-state index < -0.39 is 0 Å². The van der Waals surface area contributed by atoms with E-state index in [1.165, 1.54) is 22.9 Å². The lowest BCUT2D eigenvalue weighted by atomic mass is 10.0. The molecule has 1 aliphatic rings. The van der Waals surface area contributed by atoms with Crippen LogP contribution in [0.1, 0.15) is 19.3 Å². The van der Waals surface area contributed by atoms with E-state index in [4.69, 9.17) is 0 Å². The number of thiophene rings is 1. The second kappa shape index (κ2) is 4.63. The molecule has 0 bridgehead atoms. The Hall–Kier alpha value is -1.13. The third kappa shape index (κ3) is 1.91. The minimum atomic E-state index is 0.224. The van der Waals surface area contributed by atoms with Gasteiger partial charge in [0.25, 0.3) is 0 Å². The maximum atomic E-state index is 9.48. The van der Waals surface area contributed by atoms with Crippen LogP contribution in [0.5, 0.6) is 0 Å². The van der Waals surface area contributed by atoms with Crippen LogP contribution in [0.2, 0.25) is 0 Å². The molecule has 0 saturated carbocycles. The van der Waals surface area contributed by atoms with Gasteiger partial charge in [-0.3, -0.25) is 0 Å². The molecule has 3 rings (SSSR count). The monoisotopic (exact) mass is 248 g/mol. The van der Waals surface area contributed by atoms with Gasteiger partial charge in [0, 0.05) is 22.8 Å². The Labute approximate surface area is 105 Å². The summed E-state index contributed by atoms with van der Waals surface area (Å²) >= 11 is 1.75. The second-order valence-corrected chi connectivity index (χ2v) is 5.44. The van der Waals surface area contributed by atoms with Crippen molar-refractivity contribution in [3.8, 4) is 0 Å². The first-order valence-electron chi connectivity index (χ1n) is 6.10. The minimum absolute atomic E-state index is 0.224. The van der Waals surface area contributed by atoms with E-state index in [0.29, 0.717) is 0 Å². The van der Waals surface area contributed by atoms with Gasteiger partial charge in [0.15, 0.2) is 0 Å². The maximum absolute atomic E-state index is 9.48. The van der Waals surface area contributed by atoms with Crippen molar-refractivity contribution in [1.82, 2.24) is 4.98 Å². The van der Waals surface area contributed by atoms with Crippen LogP contribution in [0.15, 0.2) is 23.7 Å². The van der Waals surface area contributed by atoms with Crippen LogP contribution < -0.4 is 4.90 Å². The Morgan fingerprint density at radius 2 is 2.35 bits per heavy atom. The van der Waals surface area contributed by atoms with E-state index in [2.05, 4.69) is 27.4 Å². The van der Waals surface area contributed by atoms with E-state index in [1.54, 1.807) is 11.3 Å². The van der Waals surface area contributed by atoms with Crippen LogP contribution in [0.25, 0.3) is 10.1 Å². The van der Waals surface area contributed by atoms with E-state index in [-0.39, 0.29) is 12.6 Å². The Morgan fingerprint density at radius 1 is 1.41 bits per heavy atom. The number of piperidine rings is 1. The number of rotatable bonds is 2. The Kier molecular flexibility index (Phi) is 2.99. The van der Waals surface area contributed by atoms with Crippen LogP contribution >= 0.6 is 11.3 Å².